The van der Waals surface area contributed by atoms with Crippen molar-refractivity contribution >= 4 is 5.91 Å². The molecule has 0 saturated heterocycles. The first-order valence-electron chi connectivity index (χ1n) is 9.31. The van der Waals surface area contributed by atoms with Gasteiger partial charge in [0.25, 0.3) is 0 Å². The zero-order chi connectivity index (χ0) is 15.6. The van der Waals surface area contributed by atoms with Crippen LogP contribution in [0.2, 0.25) is 0 Å². The first kappa shape index (κ1) is 15.0. The highest BCUT2D eigenvalue weighted by molar-refractivity contribution is 5.83. The number of aliphatic hydroxyl groups excluding tert-OH is 1. The molecule has 6 atom stereocenters. The van der Waals surface area contributed by atoms with E-state index in [-0.39, 0.29) is 23.5 Å². The first-order chi connectivity index (χ1) is 10.3. The van der Waals surface area contributed by atoms with Gasteiger partial charge >= 0.3 is 0 Å². The quantitative estimate of drug-likeness (QED) is 0.821. The fourth-order valence-corrected chi connectivity index (χ4v) is 7.30. The van der Waals surface area contributed by atoms with Crippen LogP contribution in [0.3, 0.4) is 0 Å². The summed E-state index contributed by atoms with van der Waals surface area (Å²) in [4.78, 5) is 13.2. The van der Waals surface area contributed by atoms with E-state index in [4.69, 9.17) is 0 Å². The third-order valence-corrected chi connectivity index (χ3v) is 7.15. The summed E-state index contributed by atoms with van der Waals surface area (Å²) in [5.41, 5.74) is 0.605. The molecule has 22 heavy (non-hydrogen) atoms. The molecule has 5 aliphatic carbocycles. The zero-order valence-electron chi connectivity index (χ0n) is 14.2. The number of amides is 1. The lowest BCUT2D eigenvalue weighted by molar-refractivity contribution is -0.171. The summed E-state index contributed by atoms with van der Waals surface area (Å²) in [7, 11) is 0. The SMILES string of the molecule is C[C@]12CC3CC(C(=O)N[C@H]4CCCC[C@@H]4O)(C1)C[C@@](C)(C3)C2. The molecule has 3 nitrogen and oxygen atoms in total. The van der Waals surface area contributed by atoms with Crippen LogP contribution < -0.4 is 5.32 Å². The molecule has 3 heteroatoms. The summed E-state index contributed by atoms with van der Waals surface area (Å²) < 4.78 is 0. The molecule has 0 aliphatic heterocycles. The predicted molar refractivity (Wildman–Crippen MR) is 86.2 cm³/mol. The van der Waals surface area contributed by atoms with Gasteiger partial charge in [0.2, 0.25) is 5.91 Å². The monoisotopic (exact) mass is 305 g/mol. The summed E-state index contributed by atoms with van der Waals surface area (Å²) in [5, 5.41) is 13.5. The van der Waals surface area contributed by atoms with Crippen LogP contribution in [0.5, 0.6) is 0 Å². The molecule has 1 amide bonds. The lowest BCUT2D eigenvalue weighted by atomic mass is 9.40. The summed E-state index contributed by atoms with van der Waals surface area (Å²) in [6.45, 7) is 4.82. The van der Waals surface area contributed by atoms with Gasteiger partial charge in [-0.2, -0.15) is 0 Å². The largest absolute Gasteiger partial charge is 0.391 e. The first-order valence-corrected chi connectivity index (χ1v) is 9.31. The molecule has 2 N–H and O–H groups in total. The highest BCUT2D eigenvalue weighted by Crippen LogP contribution is 2.69. The lowest BCUT2D eigenvalue weighted by Crippen LogP contribution is -2.61. The number of nitrogens with one attached hydrogen (secondary N) is 1. The molecule has 0 heterocycles. The Morgan fingerprint density at radius 3 is 2.23 bits per heavy atom. The van der Waals surface area contributed by atoms with Gasteiger partial charge in [-0.05, 0) is 68.1 Å². The second-order valence-electron chi connectivity index (χ2n) is 9.84. The van der Waals surface area contributed by atoms with Gasteiger partial charge in [-0.25, -0.2) is 0 Å². The maximum Gasteiger partial charge on any atom is 0.226 e. The van der Waals surface area contributed by atoms with Gasteiger partial charge in [-0.15, -0.1) is 0 Å². The van der Waals surface area contributed by atoms with E-state index in [0.29, 0.717) is 10.8 Å². The number of carbonyl (C=O) groups is 1. The minimum Gasteiger partial charge on any atom is -0.391 e. The maximum absolute atomic E-state index is 13.2. The molecule has 124 valence electrons. The Hall–Kier alpha value is -0.570. The van der Waals surface area contributed by atoms with E-state index in [0.717, 1.165) is 50.9 Å². The molecule has 2 unspecified atom stereocenters. The minimum absolute atomic E-state index is 0.00475. The topological polar surface area (TPSA) is 49.3 Å². The van der Waals surface area contributed by atoms with Crippen molar-refractivity contribution in [1.29, 1.82) is 0 Å². The van der Waals surface area contributed by atoms with E-state index in [1.165, 1.54) is 19.3 Å². The molecule has 0 aromatic rings. The van der Waals surface area contributed by atoms with E-state index in [9.17, 15) is 9.90 Å². The Morgan fingerprint density at radius 1 is 1.00 bits per heavy atom. The molecular formula is C19H31NO2. The lowest BCUT2D eigenvalue weighted by Gasteiger charge is -2.64. The fraction of sp³-hybridized carbons (Fsp3) is 0.947. The van der Waals surface area contributed by atoms with Crippen LogP contribution in [0.15, 0.2) is 0 Å². The fourth-order valence-electron chi connectivity index (χ4n) is 7.30. The second kappa shape index (κ2) is 4.72. The normalized spacial score (nSPS) is 53.5. The summed E-state index contributed by atoms with van der Waals surface area (Å²) in [6, 6.07) is -0.00475. The van der Waals surface area contributed by atoms with E-state index >= 15 is 0 Å². The summed E-state index contributed by atoms with van der Waals surface area (Å²) in [6.07, 6.45) is 10.9. The molecule has 0 aromatic heterocycles. The van der Waals surface area contributed by atoms with Gasteiger partial charge in [-0.3, -0.25) is 4.79 Å². The minimum atomic E-state index is -0.335. The molecule has 5 saturated carbocycles. The molecule has 4 bridgehead atoms. The molecule has 5 rings (SSSR count). The number of hydrogen-bond acceptors (Lipinski definition) is 2. The van der Waals surface area contributed by atoms with Gasteiger partial charge in [-0.1, -0.05) is 26.7 Å². The van der Waals surface area contributed by atoms with Crippen molar-refractivity contribution in [2.45, 2.75) is 90.2 Å². The van der Waals surface area contributed by atoms with Gasteiger partial charge < -0.3 is 10.4 Å². The van der Waals surface area contributed by atoms with Crippen LogP contribution in [0.1, 0.15) is 78.1 Å². The second-order valence-corrected chi connectivity index (χ2v) is 9.84. The Balaban J connectivity index is 1.55. The molecule has 5 aliphatic rings. The van der Waals surface area contributed by atoms with Gasteiger partial charge in [0.1, 0.15) is 0 Å². The van der Waals surface area contributed by atoms with Crippen LogP contribution in [-0.2, 0) is 4.79 Å². The van der Waals surface area contributed by atoms with Crippen LogP contribution >= 0.6 is 0 Å². The summed E-state index contributed by atoms with van der Waals surface area (Å²) >= 11 is 0. The highest BCUT2D eigenvalue weighted by Gasteiger charge is 2.62. The van der Waals surface area contributed by atoms with Crippen LogP contribution in [0, 0.1) is 22.2 Å². The standard InChI is InChI=1S/C19H31NO2/c1-17-7-13-8-18(2,10-17)12-19(9-13,11-17)16(22)20-14-5-3-4-6-15(14)21/h13-15,21H,3-12H2,1-2H3,(H,20,22)/t13?,14-,15-,17-,18+,19?/m0/s1. The number of hydrogen-bond donors (Lipinski definition) is 2. The number of aliphatic hydroxyl groups is 1. The Morgan fingerprint density at radius 2 is 1.64 bits per heavy atom. The smallest absolute Gasteiger partial charge is 0.226 e. The van der Waals surface area contributed by atoms with Crippen molar-refractivity contribution in [2.24, 2.45) is 22.2 Å². The van der Waals surface area contributed by atoms with Gasteiger partial charge in [0, 0.05) is 0 Å². The Kier molecular flexibility index (Phi) is 3.21. The average Bonchev–Trinajstić information content (AvgIpc) is 2.37. The van der Waals surface area contributed by atoms with Crippen LogP contribution in [-0.4, -0.2) is 23.2 Å². The highest BCUT2D eigenvalue weighted by atomic mass is 16.3. The van der Waals surface area contributed by atoms with Gasteiger partial charge in [0.15, 0.2) is 0 Å². The van der Waals surface area contributed by atoms with Crippen molar-refractivity contribution < 1.29 is 9.90 Å². The molecule has 0 spiro atoms. The Bertz CT molecular complexity index is 470. The van der Waals surface area contributed by atoms with E-state index in [1.807, 2.05) is 0 Å². The van der Waals surface area contributed by atoms with E-state index in [1.54, 1.807) is 0 Å². The van der Waals surface area contributed by atoms with Crippen LogP contribution in [0.4, 0.5) is 0 Å². The van der Waals surface area contributed by atoms with Crippen molar-refractivity contribution in [1.82, 2.24) is 5.32 Å². The number of rotatable bonds is 2. The number of carbonyl (C=O) groups excluding carboxylic acids is 1. The van der Waals surface area contributed by atoms with E-state index in [2.05, 4.69) is 19.2 Å². The maximum atomic E-state index is 13.2. The van der Waals surface area contributed by atoms with Crippen molar-refractivity contribution in [3.63, 3.8) is 0 Å². The molecule has 0 radical (unpaired) electrons. The third-order valence-electron chi connectivity index (χ3n) is 7.15. The van der Waals surface area contributed by atoms with Crippen molar-refractivity contribution in [3.8, 4) is 0 Å². The molecule has 0 aromatic carbocycles. The van der Waals surface area contributed by atoms with Gasteiger partial charge in [0.05, 0.1) is 17.6 Å². The van der Waals surface area contributed by atoms with Crippen molar-refractivity contribution in [2.75, 3.05) is 0 Å². The zero-order valence-corrected chi connectivity index (χ0v) is 14.2. The average molecular weight is 305 g/mol. The molecular weight excluding hydrogens is 274 g/mol. The van der Waals surface area contributed by atoms with Crippen molar-refractivity contribution in [3.05, 3.63) is 0 Å². The summed E-state index contributed by atoms with van der Waals surface area (Å²) in [5.74, 6) is 1.01. The Labute approximate surface area is 134 Å². The van der Waals surface area contributed by atoms with Crippen LogP contribution in [0.25, 0.3) is 0 Å². The van der Waals surface area contributed by atoms with E-state index < -0.39 is 0 Å². The predicted octanol–water partition coefficient (Wildman–Crippen LogP) is 3.40. The molecule has 5 fully saturated rings. The third kappa shape index (κ3) is 2.31.